The minimum absolute atomic E-state index is 0.503. The lowest BCUT2D eigenvalue weighted by molar-refractivity contribution is 0.741. The molecule has 0 atom stereocenters. The van der Waals surface area contributed by atoms with Gasteiger partial charge in [-0.25, -0.2) is 0 Å². The van der Waals surface area contributed by atoms with Gasteiger partial charge in [-0.2, -0.15) is 0 Å². The predicted molar refractivity (Wildman–Crippen MR) is 80.1 cm³/mol. The number of anilines is 1. The molecule has 0 aliphatic carbocycles. The molecule has 2 aromatic rings. The van der Waals surface area contributed by atoms with Crippen LogP contribution in [0.25, 0.3) is 0 Å². The molecule has 0 saturated carbocycles. The monoisotopic (exact) mass is 297 g/mol. The molecule has 0 fully saturated rings. The molecule has 0 saturated heterocycles. The zero-order valence-corrected chi connectivity index (χ0v) is 12.2. The summed E-state index contributed by atoms with van der Waals surface area (Å²) < 4.78 is 0. The Hall–Kier alpha value is -0.700. The topological polar surface area (TPSA) is 3.24 Å². The van der Waals surface area contributed by atoms with Gasteiger partial charge in [0.05, 0.1) is 10.7 Å². The second-order valence-electron chi connectivity index (χ2n) is 4.42. The van der Waals surface area contributed by atoms with Gasteiger partial charge < -0.3 is 4.90 Å². The summed E-state index contributed by atoms with van der Waals surface area (Å²) in [6.45, 7) is 1.95. The quantitative estimate of drug-likeness (QED) is 0.726. The van der Waals surface area contributed by atoms with Gasteiger partial charge in [-0.15, -0.1) is 22.9 Å². The Balaban J connectivity index is 1.97. The molecule has 4 heteroatoms. The van der Waals surface area contributed by atoms with Gasteiger partial charge in [0.1, 0.15) is 0 Å². The lowest BCUT2D eigenvalue weighted by Crippen LogP contribution is -2.30. The normalized spacial score (nSPS) is 14.7. The van der Waals surface area contributed by atoms with Crippen LogP contribution in [0, 0.1) is 0 Å². The highest BCUT2D eigenvalue weighted by atomic mass is 35.5. The SMILES string of the molecule is ClCc1cccc(Cl)c1N1CCc2sccc2C1. The van der Waals surface area contributed by atoms with Crippen molar-refractivity contribution in [3.63, 3.8) is 0 Å². The third-order valence-corrected chi connectivity index (χ3v) is 4.95. The standard InChI is InChI=1S/C14H13Cl2NS/c15-8-10-2-1-3-12(16)14(10)17-6-4-13-11(9-17)5-7-18-13/h1-3,5,7H,4,6,8-9H2. The van der Waals surface area contributed by atoms with Crippen molar-refractivity contribution in [3.8, 4) is 0 Å². The number of para-hydroxylation sites is 1. The van der Waals surface area contributed by atoms with Crippen LogP contribution in [0.2, 0.25) is 5.02 Å². The third-order valence-electron chi connectivity index (χ3n) is 3.34. The second kappa shape index (κ2) is 5.12. The molecule has 0 spiro atoms. The van der Waals surface area contributed by atoms with Gasteiger partial charge in [0, 0.05) is 23.8 Å². The van der Waals surface area contributed by atoms with Crippen LogP contribution in [-0.4, -0.2) is 6.54 Å². The van der Waals surface area contributed by atoms with E-state index in [1.807, 2.05) is 23.5 Å². The van der Waals surface area contributed by atoms with Crippen LogP contribution in [0.1, 0.15) is 16.0 Å². The van der Waals surface area contributed by atoms with E-state index in [1.165, 1.54) is 10.4 Å². The summed E-state index contributed by atoms with van der Waals surface area (Å²) in [6.07, 6.45) is 1.10. The maximum absolute atomic E-state index is 6.34. The van der Waals surface area contributed by atoms with Crippen molar-refractivity contribution in [2.45, 2.75) is 18.8 Å². The number of alkyl halides is 1. The Bertz CT molecular complexity index is 565. The fourth-order valence-corrected chi connectivity index (χ4v) is 3.88. The van der Waals surface area contributed by atoms with Crippen LogP contribution in [0.3, 0.4) is 0 Å². The van der Waals surface area contributed by atoms with Crippen molar-refractivity contribution >= 4 is 40.2 Å². The molecule has 1 nitrogen and oxygen atoms in total. The van der Waals surface area contributed by atoms with E-state index in [0.29, 0.717) is 5.88 Å². The Morgan fingerprint density at radius 2 is 2.17 bits per heavy atom. The summed E-state index contributed by atoms with van der Waals surface area (Å²) in [4.78, 5) is 3.85. The summed E-state index contributed by atoms with van der Waals surface area (Å²) in [5.74, 6) is 0.503. The molecular weight excluding hydrogens is 285 g/mol. The second-order valence-corrected chi connectivity index (χ2v) is 6.10. The summed E-state index contributed by atoms with van der Waals surface area (Å²) in [5, 5.41) is 2.97. The lowest BCUT2D eigenvalue weighted by Gasteiger charge is -2.31. The van der Waals surface area contributed by atoms with Crippen molar-refractivity contribution in [1.29, 1.82) is 0 Å². The molecule has 2 heterocycles. The van der Waals surface area contributed by atoms with Crippen molar-refractivity contribution < 1.29 is 0 Å². The number of fused-ring (bicyclic) bond motifs is 1. The minimum Gasteiger partial charge on any atom is -0.365 e. The summed E-state index contributed by atoms with van der Waals surface area (Å²) in [6, 6.07) is 8.17. The van der Waals surface area contributed by atoms with Gasteiger partial charge in [-0.05, 0) is 35.1 Å². The lowest BCUT2D eigenvalue weighted by atomic mass is 10.1. The number of halogens is 2. The predicted octanol–water partition coefficient (Wildman–Crippen LogP) is 4.70. The highest BCUT2D eigenvalue weighted by Crippen LogP contribution is 2.35. The number of nitrogens with zero attached hydrogens (tertiary/aromatic N) is 1. The molecule has 0 amide bonds. The van der Waals surface area contributed by atoms with Crippen LogP contribution in [0.5, 0.6) is 0 Å². The van der Waals surface area contributed by atoms with Crippen molar-refractivity contribution in [2.75, 3.05) is 11.4 Å². The fourth-order valence-electron chi connectivity index (χ4n) is 2.46. The molecule has 0 radical (unpaired) electrons. The van der Waals surface area contributed by atoms with Crippen molar-refractivity contribution in [3.05, 3.63) is 50.7 Å². The number of hydrogen-bond donors (Lipinski definition) is 0. The fraction of sp³-hybridized carbons (Fsp3) is 0.286. The van der Waals surface area contributed by atoms with Gasteiger partial charge in [0.2, 0.25) is 0 Å². The molecule has 94 valence electrons. The molecule has 0 unspecified atom stereocenters. The Morgan fingerprint density at radius 1 is 1.28 bits per heavy atom. The first-order valence-electron chi connectivity index (χ1n) is 5.93. The van der Waals surface area contributed by atoms with E-state index >= 15 is 0 Å². The molecule has 18 heavy (non-hydrogen) atoms. The van der Waals surface area contributed by atoms with Crippen LogP contribution >= 0.6 is 34.5 Å². The maximum atomic E-state index is 6.34. The number of benzene rings is 1. The zero-order valence-electron chi connectivity index (χ0n) is 9.83. The molecule has 3 rings (SSSR count). The maximum Gasteiger partial charge on any atom is 0.0642 e. The Labute approximate surface area is 121 Å². The first kappa shape index (κ1) is 12.3. The minimum atomic E-state index is 0.503. The number of thiophene rings is 1. The molecule has 1 aliphatic rings. The first-order valence-corrected chi connectivity index (χ1v) is 7.72. The molecule has 0 bridgehead atoms. The van der Waals surface area contributed by atoms with Gasteiger partial charge >= 0.3 is 0 Å². The average molecular weight is 298 g/mol. The van der Waals surface area contributed by atoms with E-state index in [1.54, 1.807) is 0 Å². The molecule has 1 aromatic carbocycles. The van der Waals surface area contributed by atoms with E-state index in [-0.39, 0.29) is 0 Å². The first-order chi connectivity index (χ1) is 8.79. The average Bonchev–Trinajstić information content (AvgIpc) is 2.85. The summed E-state index contributed by atoms with van der Waals surface area (Å²) in [5.41, 5.74) is 3.64. The van der Waals surface area contributed by atoms with Gasteiger partial charge in [0.25, 0.3) is 0 Å². The molecule has 0 N–H and O–H groups in total. The van der Waals surface area contributed by atoms with E-state index in [2.05, 4.69) is 22.4 Å². The van der Waals surface area contributed by atoms with Crippen molar-refractivity contribution in [2.24, 2.45) is 0 Å². The van der Waals surface area contributed by atoms with Gasteiger partial charge in [-0.3, -0.25) is 0 Å². The smallest absolute Gasteiger partial charge is 0.0642 e. The van der Waals surface area contributed by atoms with E-state index < -0.39 is 0 Å². The van der Waals surface area contributed by atoms with Crippen LogP contribution in [0.4, 0.5) is 5.69 Å². The Kier molecular flexibility index (Phi) is 3.51. The molecular formula is C14H13Cl2NS. The number of rotatable bonds is 2. The van der Waals surface area contributed by atoms with E-state index in [4.69, 9.17) is 23.2 Å². The van der Waals surface area contributed by atoms with Crippen LogP contribution < -0.4 is 4.90 Å². The van der Waals surface area contributed by atoms with Crippen molar-refractivity contribution in [1.82, 2.24) is 0 Å². The largest absolute Gasteiger partial charge is 0.365 e. The summed E-state index contributed by atoms with van der Waals surface area (Å²) in [7, 11) is 0. The highest BCUT2D eigenvalue weighted by molar-refractivity contribution is 7.10. The van der Waals surface area contributed by atoms with Crippen LogP contribution in [0.15, 0.2) is 29.6 Å². The van der Waals surface area contributed by atoms with Gasteiger partial charge in [-0.1, -0.05) is 23.7 Å². The van der Waals surface area contributed by atoms with E-state index in [9.17, 15) is 0 Å². The van der Waals surface area contributed by atoms with Gasteiger partial charge in [0.15, 0.2) is 0 Å². The highest BCUT2D eigenvalue weighted by Gasteiger charge is 2.21. The summed E-state index contributed by atoms with van der Waals surface area (Å²) >= 11 is 14.2. The van der Waals surface area contributed by atoms with Crippen LogP contribution in [-0.2, 0) is 18.8 Å². The molecule has 1 aliphatic heterocycles. The van der Waals surface area contributed by atoms with E-state index in [0.717, 1.165) is 35.8 Å². The molecule has 1 aromatic heterocycles. The third kappa shape index (κ3) is 2.13. The number of hydrogen-bond acceptors (Lipinski definition) is 2. The Morgan fingerprint density at radius 3 is 3.00 bits per heavy atom. The zero-order chi connectivity index (χ0) is 12.5.